The van der Waals surface area contributed by atoms with E-state index in [1.807, 2.05) is 0 Å². The lowest BCUT2D eigenvalue weighted by Crippen LogP contribution is -2.42. The molecule has 0 saturated heterocycles. The number of aromatic hydroxyl groups is 1. The number of rotatable bonds is 7. The molecule has 1 heterocycles. The number of nitrogens with one attached hydrogen (secondary N) is 1. The molecule has 0 saturated carbocycles. The highest BCUT2D eigenvalue weighted by molar-refractivity contribution is 7.86. The van der Waals surface area contributed by atoms with Gasteiger partial charge in [0.25, 0.3) is 30.4 Å². The first-order valence-electron chi connectivity index (χ1n) is 10.4. The van der Waals surface area contributed by atoms with Gasteiger partial charge in [-0.1, -0.05) is 12.1 Å². The second-order valence-corrected chi connectivity index (χ2v) is 13.0. The highest BCUT2D eigenvalue weighted by Crippen LogP contribution is 2.45. The van der Waals surface area contributed by atoms with Crippen molar-refractivity contribution in [1.82, 2.24) is 8.84 Å². The van der Waals surface area contributed by atoms with Crippen molar-refractivity contribution in [2.75, 3.05) is 12.0 Å². The molecule has 0 spiro atoms. The van der Waals surface area contributed by atoms with E-state index in [0.29, 0.717) is 0 Å². The van der Waals surface area contributed by atoms with Crippen LogP contribution in [-0.4, -0.2) is 72.2 Å². The predicted octanol–water partition coefficient (Wildman–Crippen LogP) is 3.31. The highest BCUT2D eigenvalue weighted by Gasteiger charge is 2.28. The normalized spacial score (nSPS) is 17.1. The van der Waals surface area contributed by atoms with Gasteiger partial charge in [0.2, 0.25) is 0 Å². The van der Waals surface area contributed by atoms with Crippen molar-refractivity contribution in [2.45, 2.75) is 21.0 Å². The van der Waals surface area contributed by atoms with Crippen LogP contribution in [0.5, 0.6) is 5.75 Å². The molecular formula is C19H16Cl2N6O10S3. The van der Waals surface area contributed by atoms with Gasteiger partial charge >= 0.3 is 0 Å². The topological polar surface area (TPSA) is 239 Å². The quantitative estimate of drug-likeness (QED) is 0.140. The molecule has 5 N–H and O–H groups in total. The number of hydrogen-bond acceptors (Lipinski definition) is 13. The van der Waals surface area contributed by atoms with E-state index in [2.05, 4.69) is 20.5 Å². The monoisotopic (exact) mass is 654 g/mol. The Hall–Kier alpha value is -3.14. The van der Waals surface area contributed by atoms with Crippen molar-refractivity contribution < 1.29 is 44.0 Å². The smallest absolute Gasteiger partial charge is 0.296 e. The van der Waals surface area contributed by atoms with E-state index in [0.717, 1.165) is 39.2 Å². The number of phenols is 1. The van der Waals surface area contributed by atoms with E-state index < -0.39 is 68.5 Å². The first kappa shape index (κ1) is 29.8. The number of fused-ring (bicyclic) bond motifs is 1. The summed E-state index contributed by atoms with van der Waals surface area (Å²) in [5.41, 5.74) is -1.59. The van der Waals surface area contributed by atoms with Crippen LogP contribution in [0.25, 0.3) is 10.8 Å². The van der Waals surface area contributed by atoms with Crippen LogP contribution in [0, 0.1) is 0 Å². The lowest BCUT2D eigenvalue weighted by molar-refractivity contribution is 0.303. The average Bonchev–Trinajstić information content (AvgIpc) is 2.83. The second-order valence-electron chi connectivity index (χ2n) is 7.96. The summed E-state index contributed by atoms with van der Waals surface area (Å²) in [6, 6.07) is 7.11. The Morgan fingerprint density at radius 1 is 0.900 bits per heavy atom. The van der Waals surface area contributed by atoms with Gasteiger partial charge in [-0.25, -0.2) is 4.99 Å². The minimum atomic E-state index is -5.18. The van der Waals surface area contributed by atoms with Crippen LogP contribution in [-0.2, 0) is 30.4 Å². The molecular weight excluding hydrogens is 639 g/mol. The summed E-state index contributed by atoms with van der Waals surface area (Å²) in [4.78, 5) is 1.51. The number of halogens is 2. The van der Waals surface area contributed by atoms with Gasteiger partial charge in [-0.15, -0.1) is 10.2 Å². The van der Waals surface area contributed by atoms with Crippen molar-refractivity contribution in [2.24, 2.45) is 15.2 Å². The first-order chi connectivity index (χ1) is 18.5. The minimum absolute atomic E-state index is 0.0777. The van der Waals surface area contributed by atoms with Crippen molar-refractivity contribution in [3.63, 3.8) is 0 Å². The van der Waals surface area contributed by atoms with Gasteiger partial charge < -0.3 is 10.4 Å². The molecule has 4 rings (SSSR count). The average molecular weight is 655 g/mol. The molecule has 40 heavy (non-hydrogen) atoms. The molecule has 0 bridgehead atoms. The Morgan fingerprint density at radius 2 is 1.55 bits per heavy atom. The zero-order chi connectivity index (χ0) is 29.6. The summed E-state index contributed by atoms with van der Waals surface area (Å²) in [6.45, 7) is -0.0777. The van der Waals surface area contributed by atoms with Crippen LogP contribution in [0.4, 0.5) is 17.1 Å². The molecule has 0 radical (unpaired) electrons. The molecule has 1 aliphatic heterocycles. The molecule has 1 atom stereocenters. The van der Waals surface area contributed by atoms with Crippen LogP contribution < -0.4 is 5.32 Å². The van der Waals surface area contributed by atoms with Crippen molar-refractivity contribution >= 4 is 88.1 Å². The van der Waals surface area contributed by atoms with Crippen molar-refractivity contribution in [3.05, 3.63) is 42.5 Å². The molecule has 0 aromatic heterocycles. The van der Waals surface area contributed by atoms with Crippen molar-refractivity contribution in [3.8, 4) is 5.75 Å². The largest absolute Gasteiger partial charge is 0.505 e. The zero-order valence-corrected chi connectivity index (χ0v) is 23.3. The number of hydrogen-bond donors (Lipinski definition) is 5. The van der Waals surface area contributed by atoms with Gasteiger partial charge in [0.15, 0.2) is 12.0 Å². The maximum absolute atomic E-state index is 12.2. The summed E-state index contributed by atoms with van der Waals surface area (Å²) in [7, 11) is -14.9. The highest BCUT2D eigenvalue weighted by atomic mass is 35.5. The fourth-order valence-corrected chi connectivity index (χ4v) is 5.83. The van der Waals surface area contributed by atoms with Gasteiger partial charge in [-0.2, -0.15) is 29.7 Å². The lowest BCUT2D eigenvalue weighted by Gasteiger charge is -2.30. The second kappa shape index (κ2) is 10.7. The van der Waals surface area contributed by atoms with Gasteiger partial charge in [-0.3, -0.25) is 18.1 Å². The van der Waals surface area contributed by atoms with Crippen LogP contribution in [0.1, 0.15) is 0 Å². The minimum Gasteiger partial charge on any atom is -0.505 e. The van der Waals surface area contributed by atoms with Gasteiger partial charge in [-0.05, 0) is 47.5 Å². The predicted molar refractivity (Wildman–Crippen MR) is 142 cm³/mol. The van der Waals surface area contributed by atoms with Crippen LogP contribution in [0.15, 0.2) is 72.4 Å². The molecule has 3 aromatic rings. The Morgan fingerprint density at radius 3 is 2.15 bits per heavy atom. The first-order valence-corrected chi connectivity index (χ1v) is 15.4. The Labute approximate surface area is 236 Å². The number of anilines is 1. The van der Waals surface area contributed by atoms with Gasteiger partial charge in [0, 0.05) is 22.9 Å². The van der Waals surface area contributed by atoms with E-state index in [9.17, 15) is 44.0 Å². The SMILES string of the molecule is O=S(=O)(O)c1cc(NC2N=CN(Cl)CN2Cl)c2c(O)c(N=Nc3ccccc3S(=O)(=O)O)c(S(=O)(=O)O)cc2c1. The molecule has 0 fully saturated rings. The van der Waals surface area contributed by atoms with Crippen LogP contribution in [0.2, 0.25) is 0 Å². The van der Waals surface area contributed by atoms with Crippen molar-refractivity contribution in [1.29, 1.82) is 0 Å². The Bertz CT molecular complexity index is 1900. The molecule has 21 heteroatoms. The number of benzene rings is 3. The maximum atomic E-state index is 12.2. The third kappa shape index (κ3) is 6.27. The van der Waals surface area contributed by atoms with Gasteiger partial charge in [0.1, 0.15) is 34.2 Å². The maximum Gasteiger partial charge on any atom is 0.296 e. The third-order valence-electron chi connectivity index (χ3n) is 5.25. The zero-order valence-electron chi connectivity index (χ0n) is 19.4. The molecule has 1 aliphatic rings. The molecule has 214 valence electrons. The van der Waals surface area contributed by atoms with E-state index >= 15 is 0 Å². The van der Waals surface area contributed by atoms with Crippen LogP contribution >= 0.6 is 23.6 Å². The summed E-state index contributed by atoms with van der Waals surface area (Å²) in [5, 5.41) is 20.5. The summed E-state index contributed by atoms with van der Waals surface area (Å²) >= 11 is 11.9. The van der Waals surface area contributed by atoms with E-state index in [4.69, 9.17) is 23.6 Å². The summed E-state index contributed by atoms with van der Waals surface area (Å²) in [5.74, 6) is -0.970. The molecule has 0 aliphatic carbocycles. The number of aliphatic imine (C=N–C) groups is 1. The molecule has 3 aromatic carbocycles. The lowest BCUT2D eigenvalue weighted by atomic mass is 10.1. The van der Waals surface area contributed by atoms with Gasteiger partial charge in [0.05, 0.1) is 4.90 Å². The van der Waals surface area contributed by atoms with E-state index in [1.54, 1.807) is 0 Å². The summed E-state index contributed by atoms with van der Waals surface area (Å²) < 4.78 is 103. The number of nitrogens with zero attached hydrogens (tertiary/aromatic N) is 5. The van der Waals surface area contributed by atoms with E-state index in [1.165, 1.54) is 18.5 Å². The third-order valence-corrected chi connectivity index (χ3v) is 8.34. The van der Waals surface area contributed by atoms with E-state index in [-0.39, 0.29) is 23.1 Å². The number of phenolic OH excluding ortho intramolecular Hbond substituents is 1. The molecule has 0 amide bonds. The number of azo groups is 1. The van der Waals surface area contributed by atoms with Crippen LogP contribution in [0.3, 0.4) is 0 Å². The molecule has 16 nitrogen and oxygen atoms in total. The Balaban J connectivity index is 2.01. The summed E-state index contributed by atoms with van der Waals surface area (Å²) in [6.07, 6.45) is 0.0547. The fourth-order valence-electron chi connectivity index (χ4n) is 3.57. The standard InChI is InChI=1S/C19H16Cl2N6O10S3/c20-26-8-22-19(27(21)9-26)23-13-7-11(38(29,30)31)5-10-6-15(40(35,36)37)17(18(28)16(10)13)25-24-12-3-1-2-4-14(12)39(32,33)34/h1-8,19,23,28H,9H2,(H,29,30,31)(H,32,33,34)(H,35,36,37). The molecule has 1 unspecified atom stereocenters. The Kier molecular flexibility index (Phi) is 7.97. The fraction of sp³-hybridized carbons (Fsp3) is 0.105.